The van der Waals surface area contributed by atoms with Crippen LogP contribution < -0.4 is 5.32 Å². The van der Waals surface area contributed by atoms with Crippen LogP contribution in [0.5, 0.6) is 0 Å². The van der Waals surface area contributed by atoms with Gasteiger partial charge in [-0.2, -0.15) is 0 Å². The van der Waals surface area contributed by atoms with Crippen molar-refractivity contribution in [3.63, 3.8) is 0 Å². The number of likely N-dealkylation sites (tertiary alicyclic amines) is 1. The van der Waals surface area contributed by atoms with Crippen LogP contribution in [-0.4, -0.2) is 40.4 Å². The van der Waals surface area contributed by atoms with Crippen molar-refractivity contribution in [1.29, 1.82) is 0 Å². The Morgan fingerprint density at radius 1 is 1.38 bits per heavy atom. The third-order valence-electron chi connectivity index (χ3n) is 4.85. The van der Waals surface area contributed by atoms with Crippen molar-refractivity contribution in [2.75, 3.05) is 19.6 Å². The standard InChI is InChI=1S/C19H28N4O/c1-3-4-9-20-19(24)15-7-10-23(11-8-15)13-18-21-16-6-5-14(2)12-17(16)22-18/h5-6,12,15H,3-4,7-11,13H2,1-2H3,(H,20,24)(H,21,22). The number of imidazole rings is 1. The van der Waals surface area contributed by atoms with Crippen molar-refractivity contribution in [3.05, 3.63) is 29.6 Å². The van der Waals surface area contributed by atoms with Crippen LogP contribution in [0.3, 0.4) is 0 Å². The predicted molar refractivity (Wildman–Crippen MR) is 96.7 cm³/mol. The summed E-state index contributed by atoms with van der Waals surface area (Å²) in [4.78, 5) is 22.6. The maximum atomic E-state index is 12.1. The number of amides is 1. The van der Waals surface area contributed by atoms with Crippen molar-refractivity contribution in [2.24, 2.45) is 5.92 Å². The van der Waals surface area contributed by atoms with E-state index in [1.165, 1.54) is 5.56 Å². The Morgan fingerprint density at radius 3 is 2.92 bits per heavy atom. The lowest BCUT2D eigenvalue weighted by Crippen LogP contribution is -2.40. The highest BCUT2D eigenvalue weighted by molar-refractivity contribution is 5.78. The van der Waals surface area contributed by atoms with E-state index >= 15 is 0 Å². The smallest absolute Gasteiger partial charge is 0.223 e. The molecule has 24 heavy (non-hydrogen) atoms. The van der Waals surface area contributed by atoms with Crippen LogP contribution in [0.1, 0.15) is 44.0 Å². The van der Waals surface area contributed by atoms with E-state index in [4.69, 9.17) is 0 Å². The fourth-order valence-corrected chi connectivity index (χ4v) is 3.35. The van der Waals surface area contributed by atoms with Crippen LogP contribution in [0.4, 0.5) is 0 Å². The lowest BCUT2D eigenvalue weighted by atomic mass is 9.96. The highest BCUT2D eigenvalue weighted by Gasteiger charge is 2.25. The molecule has 1 aromatic heterocycles. The van der Waals surface area contributed by atoms with Gasteiger partial charge in [0, 0.05) is 12.5 Å². The second kappa shape index (κ2) is 7.79. The number of piperidine rings is 1. The molecule has 5 nitrogen and oxygen atoms in total. The van der Waals surface area contributed by atoms with Gasteiger partial charge in [-0.1, -0.05) is 19.4 Å². The quantitative estimate of drug-likeness (QED) is 0.801. The van der Waals surface area contributed by atoms with E-state index in [1.807, 2.05) is 0 Å². The molecule has 0 radical (unpaired) electrons. The van der Waals surface area contributed by atoms with Gasteiger partial charge in [0.15, 0.2) is 0 Å². The zero-order valence-electron chi connectivity index (χ0n) is 14.8. The van der Waals surface area contributed by atoms with Crippen LogP contribution in [0.2, 0.25) is 0 Å². The molecule has 0 atom stereocenters. The molecule has 2 aromatic rings. The maximum Gasteiger partial charge on any atom is 0.223 e. The second-order valence-electron chi connectivity index (χ2n) is 6.90. The molecule has 3 rings (SSSR count). The number of aromatic nitrogens is 2. The molecule has 1 aromatic carbocycles. The third-order valence-corrected chi connectivity index (χ3v) is 4.85. The van der Waals surface area contributed by atoms with E-state index in [2.05, 4.69) is 52.2 Å². The minimum Gasteiger partial charge on any atom is -0.356 e. The van der Waals surface area contributed by atoms with Crippen molar-refractivity contribution in [2.45, 2.75) is 46.1 Å². The van der Waals surface area contributed by atoms with Crippen molar-refractivity contribution >= 4 is 16.9 Å². The maximum absolute atomic E-state index is 12.1. The van der Waals surface area contributed by atoms with E-state index in [9.17, 15) is 4.79 Å². The number of carbonyl (C=O) groups is 1. The Labute approximate surface area is 143 Å². The average Bonchev–Trinajstić information content (AvgIpc) is 2.97. The van der Waals surface area contributed by atoms with Crippen LogP contribution in [-0.2, 0) is 11.3 Å². The van der Waals surface area contributed by atoms with Crippen molar-refractivity contribution in [1.82, 2.24) is 20.2 Å². The van der Waals surface area contributed by atoms with E-state index < -0.39 is 0 Å². The molecule has 2 heterocycles. The summed E-state index contributed by atoms with van der Waals surface area (Å²) in [6, 6.07) is 6.30. The molecule has 1 saturated heterocycles. The molecular formula is C19H28N4O. The summed E-state index contributed by atoms with van der Waals surface area (Å²) in [5.41, 5.74) is 3.38. The second-order valence-corrected chi connectivity index (χ2v) is 6.90. The molecule has 1 aliphatic rings. The number of benzene rings is 1. The Morgan fingerprint density at radius 2 is 2.17 bits per heavy atom. The van der Waals surface area contributed by atoms with Crippen molar-refractivity contribution in [3.8, 4) is 0 Å². The average molecular weight is 328 g/mol. The van der Waals surface area contributed by atoms with Gasteiger partial charge < -0.3 is 10.3 Å². The lowest BCUT2D eigenvalue weighted by molar-refractivity contribution is -0.126. The Bertz CT molecular complexity index is 686. The first-order valence-corrected chi connectivity index (χ1v) is 9.11. The molecule has 130 valence electrons. The summed E-state index contributed by atoms with van der Waals surface area (Å²) in [6.07, 6.45) is 4.07. The first kappa shape index (κ1) is 17.0. The Kier molecular flexibility index (Phi) is 5.51. The normalized spacial score (nSPS) is 16.6. The number of unbranched alkanes of at least 4 members (excludes halogenated alkanes) is 1. The number of carbonyl (C=O) groups excluding carboxylic acids is 1. The number of rotatable bonds is 6. The number of hydrogen-bond donors (Lipinski definition) is 2. The van der Waals surface area contributed by atoms with Gasteiger partial charge in [0.05, 0.1) is 17.6 Å². The minimum absolute atomic E-state index is 0.177. The summed E-state index contributed by atoms with van der Waals surface area (Å²) in [7, 11) is 0. The molecule has 0 spiro atoms. The first-order valence-electron chi connectivity index (χ1n) is 9.11. The van der Waals surface area contributed by atoms with Gasteiger partial charge >= 0.3 is 0 Å². The number of nitrogens with one attached hydrogen (secondary N) is 2. The molecule has 0 aliphatic carbocycles. The van der Waals surface area contributed by atoms with Gasteiger partial charge in [-0.15, -0.1) is 0 Å². The summed E-state index contributed by atoms with van der Waals surface area (Å²) in [5, 5.41) is 3.06. The fourth-order valence-electron chi connectivity index (χ4n) is 3.35. The predicted octanol–water partition coefficient (Wildman–Crippen LogP) is 3.00. The molecule has 5 heteroatoms. The largest absolute Gasteiger partial charge is 0.356 e. The van der Waals surface area contributed by atoms with E-state index in [1.54, 1.807) is 0 Å². The third kappa shape index (κ3) is 4.15. The summed E-state index contributed by atoms with van der Waals surface area (Å²) in [6.45, 7) is 7.80. The number of H-pyrrole nitrogens is 1. The van der Waals surface area contributed by atoms with Gasteiger partial charge in [-0.3, -0.25) is 9.69 Å². The number of nitrogens with zero attached hydrogens (tertiary/aromatic N) is 2. The fraction of sp³-hybridized carbons (Fsp3) is 0.579. The van der Waals surface area contributed by atoms with E-state index in [-0.39, 0.29) is 11.8 Å². The topological polar surface area (TPSA) is 61.0 Å². The Hall–Kier alpha value is -1.88. The molecule has 1 amide bonds. The highest BCUT2D eigenvalue weighted by atomic mass is 16.1. The van der Waals surface area contributed by atoms with Crippen LogP contribution in [0.25, 0.3) is 11.0 Å². The molecule has 0 saturated carbocycles. The van der Waals surface area contributed by atoms with Gasteiger partial charge in [0.25, 0.3) is 0 Å². The summed E-state index contributed by atoms with van der Waals surface area (Å²) >= 11 is 0. The van der Waals surface area contributed by atoms with Gasteiger partial charge in [-0.05, 0) is 57.0 Å². The van der Waals surface area contributed by atoms with Crippen LogP contribution in [0, 0.1) is 12.8 Å². The molecular weight excluding hydrogens is 300 g/mol. The molecule has 1 aliphatic heterocycles. The first-order chi connectivity index (χ1) is 11.7. The summed E-state index contributed by atoms with van der Waals surface area (Å²) in [5.74, 6) is 1.43. The molecule has 0 bridgehead atoms. The molecule has 1 fully saturated rings. The lowest BCUT2D eigenvalue weighted by Gasteiger charge is -2.30. The Balaban J connectivity index is 1.50. The number of aromatic amines is 1. The molecule has 0 unspecified atom stereocenters. The number of fused-ring (bicyclic) bond motifs is 1. The summed E-state index contributed by atoms with van der Waals surface area (Å²) < 4.78 is 0. The van der Waals surface area contributed by atoms with Gasteiger partial charge in [-0.25, -0.2) is 4.98 Å². The number of aryl methyl sites for hydroxylation is 1. The minimum atomic E-state index is 0.177. The number of hydrogen-bond acceptors (Lipinski definition) is 3. The zero-order valence-corrected chi connectivity index (χ0v) is 14.8. The molecule has 2 N–H and O–H groups in total. The van der Waals surface area contributed by atoms with Crippen LogP contribution >= 0.6 is 0 Å². The van der Waals surface area contributed by atoms with E-state index in [0.717, 1.165) is 68.7 Å². The highest BCUT2D eigenvalue weighted by Crippen LogP contribution is 2.20. The zero-order chi connectivity index (χ0) is 16.9. The van der Waals surface area contributed by atoms with Gasteiger partial charge in [0.2, 0.25) is 5.91 Å². The van der Waals surface area contributed by atoms with Crippen LogP contribution in [0.15, 0.2) is 18.2 Å². The SMILES string of the molecule is CCCCNC(=O)C1CCN(Cc2nc3ccc(C)cc3[nH]2)CC1. The van der Waals surface area contributed by atoms with E-state index in [0.29, 0.717) is 0 Å². The van der Waals surface area contributed by atoms with Crippen molar-refractivity contribution < 1.29 is 4.79 Å². The van der Waals surface area contributed by atoms with Gasteiger partial charge in [0.1, 0.15) is 5.82 Å². The monoisotopic (exact) mass is 328 g/mol.